The van der Waals surface area contributed by atoms with E-state index in [-0.39, 0.29) is 24.0 Å². The average molecular weight is 518 g/mol. The Morgan fingerprint density at radius 3 is 2.33 bits per heavy atom. The standard InChI is InChI=1S/C23H26N4O2.HI/c1-24-23(26-15-18-10-12-21(28-2)13-11-18)27-16-20-9-6-14-25-22(20)29-17-19-7-4-3-5-8-19;/h3-14H,15-17H2,1-2H3,(H2,24,26,27);1H. The van der Waals surface area contributed by atoms with Gasteiger partial charge >= 0.3 is 0 Å². The smallest absolute Gasteiger partial charge is 0.218 e. The lowest BCUT2D eigenvalue weighted by atomic mass is 10.2. The van der Waals surface area contributed by atoms with Gasteiger partial charge in [0.15, 0.2) is 5.96 Å². The Morgan fingerprint density at radius 2 is 1.63 bits per heavy atom. The van der Waals surface area contributed by atoms with Gasteiger partial charge in [0.05, 0.1) is 7.11 Å². The van der Waals surface area contributed by atoms with Crippen molar-refractivity contribution in [2.45, 2.75) is 19.7 Å². The molecule has 0 fully saturated rings. The van der Waals surface area contributed by atoms with Crippen LogP contribution in [0.15, 0.2) is 77.9 Å². The predicted molar refractivity (Wildman–Crippen MR) is 130 cm³/mol. The molecule has 0 radical (unpaired) electrons. The summed E-state index contributed by atoms with van der Waals surface area (Å²) in [6.45, 7) is 1.70. The van der Waals surface area contributed by atoms with E-state index < -0.39 is 0 Å². The Labute approximate surface area is 194 Å². The van der Waals surface area contributed by atoms with Gasteiger partial charge in [-0.3, -0.25) is 4.99 Å². The predicted octanol–water partition coefficient (Wildman–Crippen LogP) is 4.15. The minimum absolute atomic E-state index is 0. The minimum atomic E-state index is 0. The number of aliphatic imine (C=N–C) groups is 1. The molecule has 0 unspecified atom stereocenters. The molecule has 158 valence electrons. The van der Waals surface area contributed by atoms with Crippen LogP contribution >= 0.6 is 24.0 Å². The average Bonchev–Trinajstić information content (AvgIpc) is 2.79. The third-order valence-corrected chi connectivity index (χ3v) is 4.36. The van der Waals surface area contributed by atoms with Crippen molar-refractivity contribution in [1.29, 1.82) is 0 Å². The molecule has 0 bridgehead atoms. The first-order chi connectivity index (χ1) is 14.3. The van der Waals surface area contributed by atoms with Gasteiger partial charge in [-0.15, -0.1) is 24.0 Å². The van der Waals surface area contributed by atoms with Crippen molar-refractivity contribution in [3.63, 3.8) is 0 Å². The number of nitrogens with one attached hydrogen (secondary N) is 2. The first-order valence-electron chi connectivity index (χ1n) is 9.46. The zero-order valence-corrected chi connectivity index (χ0v) is 19.5. The minimum Gasteiger partial charge on any atom is -0.497 e. The van der Waals surface area contributed by atoms with E-state index in [1.54, 1.807) is 20.4 Å². The Balaban J connectivity index is 0.00000320. The second-order valence-electron chi connectivity index (χ2n) is 6.37. The molecule has 0 aliphatic rings. The van der Waals surface area contributed by atoms with E-state index in [0.717, 1.165) is 22.4 Å². The van der Waals surface area contributed by atoms with Crippen LogP contribution in [0.4, 0.5) is 0 Å². The van der Waals surface area contributed by atoms with Gasteiger partial charge in [0.25, 0.3) is 0 Å². The fourth-order valence-corrected chi connectivity index (χ4v) is 2.74. The maximum absolute atomic E-state index is 5.92. The Kier molecular flexibility index (Phi) is 9.93. The molecule has 0 saturated carbocycles. The highest BCUT2D eigenvalue weighted by molar-refractivity contribution is 14.0. The summed E-state index contributed by atoms with van der Waals surface area (Å²) in [5.74, 6) is 2.17. The number of aromatic nitrogens is 1. The van der Waals surface area contributed by atoms with E-state index >= 15 is 0 Å². The fraction of sp³-hybridized carbons (Fsp3) is 0.217. The molecular formula is C23H27IN4O2. The van der Waals surface area contributed by atoms with Crippen LogP contribution in [-0.2, 0) is 19.7 Å². The van der Waals surface area contributed by atoms with E-state index in [2.05, 4.69) is 20.6 Å². The quantitative estimate of drug-likeness (QED) is 0.267. The molecule has 2 N–H and O–H groups in total. The molecule has 0 aliphatic carbocycles. The number of ether oxygens (including phenoxy) is 2. The lowest BCUT2D eigenvalue weighted by Crippen LogP contribution is -2.36. The van der Waals surface area contributed by atoms with Crippen LogP contribution in [0.1, 0.15) is 16.7 Å². The fourth-order valence-electron chi connectivity index (χ4n) is 2.74. The molecule has 30 heavy (non-hydrogen) atoms. The largest absolute Gasteiger partial charge is 0.497 e. The summed E-state index contributed by atoms with van der Waals surface area (Å²) in [6.07, 6.45) is 1.74. The first kappa shape index (κ1) is 23.5. The number of halogens is 1. The van der Waals surface area contributed by atoms with Gasteiger partial charge in [-0.25, -0.2) is 4.98 Å². The van der Waals surface area contributed by atoms with E-state index in [4.69, 9.17) is 9.47 Å². The third-order valence-electron chi connectivity index (χ3n) is 4.36. The normalized spacial score (nSPS) is 10.7. The van der Waals surface area contributed by atoms with Crippen LogP contribution in [-0.4, -0.2) is 25.1 Å². The van der Waals surface area contributed by atoms with Crippen molar-refractivity contribution in [1.82, 2.24) is 15.6 Å². The van der Waals surface area contributed by atoms with Crippen LogP contribution in [0.25, 0.3) is 0 Å². The molecule has 3 aromatic rings. The van der Waals surface area contributed by atoms with Crippen LogP contribution in [0.2, 0.25) is 0 Å². The van der Waals surface area contributed by atoms with Gasteiger partial charge in [0, 0.05) is 31.9 Å². The van der Waals surface area contributed by atoms with Crippen molar-refractivity contribution in [3.05, 3.63) is 89.6 Å². The molecule has 0 atom stereocenters. The summed E-state index contributed by atoms with van der Waals surface area (Å²) >= 11 is 0. The number of methoxy groups -OCH3 is 1. The van der Waals surface area contributed by atoms with Gasteiger partial charge < -0.3 is 20.1 Å². The van der Waals surface area contributed by atoms with Crippen molar-refractivity contribution < 1.29 is 9.47 Å². The van der Waals surface area contributed by atoms with Crippen LogP contribution in [0.5, 0.6) is 11.6 Å². The molecular weight excluding hydrogens is 491 g/mol. The highest BCUT2D eigenvalue weighted by Gasteiger charge is 2.07. The lowest BCUT2D eigenvalue weighted by molar-refractivity contribution is 0.290. The highest BCUT2D eigenvalue weighted by Crippen LogP contribution is 2.16. The Bertz CT molecular complexity index is 918. The second kappa shape index (κ2) is 12.7. The third kappa shape index (κ3) is 7.22. The SMILES string of the molecule is CN=C(NCc1ccc(OC)cc1)NCc1cccnc1OCc1ccccc1.I. The summed E-state index contributed by atoms with van der Waals surface area (Å²) in [4.78, 5) is 8.66. The number of pyridine rings is 1. The molecule has 6 nitrogen and oxygen atoms in total. The number of nitrogens with zero attached hydrogens (tertiary/aromatic N) is 2. The summed E-state index contributed by atoms with van der Waals surface area (Å²) in [5, 5.41) is 6.62. The maximum atomic E-state index is 5.92. The van der Waals surface area contributed by atoms with Gasteiger partial charge in [0.1, 0.15) is 12.4 Å². The number of rotatable bonds is 8. The van der Waals surface area contributed by atoms with Gasteiger partial charge in [-0.2, -0.15) is 0 Å². The van der Waals surface area contributed by atoms with Crippen molar-refractivity contribution in [2.24, 2.45) is 4.99 Å². The molecule has 1 heterocycles. The molecule has 7 heteroatoms. The van der Waals surface area contributed by atoms with E-state index in [1.165, 1.54) is 0 Å². The summed E-state index contributed by atoms with van der Waals surface area (Å²) in [5.41, 5.74) is 3.21. The highest BCUT2D eigenvalue weighted by atomic mass is 127. The first-order valence-corrected chi connectivity index (χ1v) is 9.46. The number of guanidine groups is 1. The number of hydrogen-bond donors (Lipinski definition) is 2. The maximum Gasteiger partial charge on any atom is 0.218 e. The topological polar surface area (TPSA) is 67.8 Å². The molecule has 0 amide bonds. The molecule has 2 aromatic carbocycles. The molecule has 0 saturated heterocycles. The van der Waals surface area contributed by atoms with Gasteiger partial charge in [0.2, 0.25) is 5.88 Å². The van der Waals surface area contributed by atoms with Gasteiger partial charge in [-0.05, 0) is 29.3 Å². The zero-order chi connectivity index (χ0) is 20.3. The Hall–Kier alpha value is -2.81. The molecule has 0 aliphatic heterocycles. The van der Waals surface area contributed by atoms with Crippen molar-refractivity contribution >= 4 is 29.9 Å². The van der Waals surface area contributed by atoms with E-state index in [1.807, 2.05) is 66.7 Å². The van der Waals surface area contributed by atoms with E-state index in [0.29, 0.717) is 31.5 Å². The van der Waals surface area contributed by atoms with E-state index in [9.17, 15) is 0 Å². The number of hydrogen-bond acceptors (Lipinski definition) is 4. The summed E-state index contributed by atoms with van der Waals surface area (Å²) in [6, 6.07) is 21.9. The van der Waals surface area contributed by atoms with Crippen LogP contribution < -0.4 is 20.1 Å². The second-order valence-corrected chi connectivity index (χ2v) is 6.37. The van der Waals surface area contributed by atoms with Crippen molar-refractivity contribution in [2.75, 3.05) is 14.2 Å². The monoisotopic (exact) mass is 518 g/mol. The van der Waals surface area contributed by atoms with Crippen LogP contribution in [0.3, 0.4) is 0 Å². The summed E-state index contributed by atoms with van der Waals surface area (Å²) < 4.78 is 11.1. The Morgan fingerprint density at radius 1 is 0.900 bits per heavy atom. The van der Waals surface area contributed by atoms with Crippen molar-refractivity contribution in [3.8, 4) is 11.6 Å². The lowest BCUT2D eigenvalue weighted by Gasteiger charge is -2.14. The molecule has 0 spiro atoms. The molecule has 3 rings (SSSR count). The zero-order valence-electron chi connectivity index (χ0n) is 17.2. The van der Waals surface area contributed by atoms with Crippen LogP contribution in [0, 0.1) is 0 Å². The molecule has 1 aromatic heterocycles. The van der Waals surface area contributed by atoms with Gasteiger partial charge in [-0.1, -0.05) is 48.5 Å². The number of benzene rings is 2. The summed E-state index contributed by atoms with van der Waals surface area (Å²) in [7, 11) is 3.41.